The second-order valence-corrected chi connectivity index (χ2v) is 2.43. The Bertz CT molecular complexity index is 119. The standard InChI is InChI=1S/C5H12N2O2S/c1-3(8)7(4(2)9)5(6)10/h3-4,8-9H,1-2H3,(H2,6,10). The molecule has 0 fully saturated rings. The van der Waals surface area contributed by atoms with Crippen molar-refractivity contribution >= 4 is 17.3 Å². The van der Waals surface area contributed by atoms with E-state index < -0.39 is 12.5 Å². The number of hydrogen-bond donors (Lipinski definition) is 3. The number of nitrogens with two attached hydrogens (primary N) is 1. The summed E-state index contributed by atoms with van der Waals surface area (Å²) in [5, 5.41) is 17.9. The van der Waals surface area contributed by atoms with Crippen molar-refractivity contribution in [1.29, 1.82) is 0 Å². The largest absolute Gasteiger partial charge is 0.376 e. The van der Waals surface area contributed by atoms with E-state index in [-0.39, 0.29) is 5.11 Å². The summed E-state index contributed by atoms with van der Waals surface area (Å²) in [4.78, 5) is 1.12. The van der Waals surface area contributed by atoms with E-state index in [2.05, 4.69) is 12.2 Å². The third-order valence-electron chi connectivity index (χ3n) is 1.06. The van der Waals surface area contributed by atoms with Crippen LogP contribution in [0.2, 0.25) is 0 Å². The fourth-order valence-electron chi connectivity index (χ4n) is 0.681. The molecule has 0 rings (SSSR count). The number of thiocarbonyl (C=S) groups is 1. The molecule has 0 aliphatic carbocycles. The van der Waals surface area contributed by atoms with Gasteiger partial charge in [-0.3, -0.25) is 4.90 Å². The van der Waals surface area contributed by atoms with Gasteiger partial charge in [0, 0.05) is 0 Å². The molecule has 0 spiro atoms. The molecule has 5 heteroatoms. The number of rotatable bonds is 2. The highest BCUT2D eigenvalue weighted by atomic mass is 32.1. The second-order valence-electron chi connectivity index (χ2n) is 2.01. The van der Waals surface area contributed by atoms with E-state index in [0.717, 1.165) is 4.90 Å². The molecule has 0 radical (unpaired) electrons. The molecule has 0 aromatic carbocycles. The first kappa shape index (κ1) is 9.61. The predicted molar refractivity (Wildman–Crippen MR) is 42.0 cm³/mol. The molecule has 2 atom stereocenters. The van der Waals surface area contributed by atoms with Crippen molar-refractivity contribution in [1.82, 2.24) is 4.90 Å². The zero-order chi connectivity index (χ0) is 8.31. The van der Waals surface area contributed by atoms with Gasteiger partial charge in [-0.2, -0.15) is 0 Å². The number of aliphatic hydroxyl groups excluding tert-OH is 2. The Morgan fingerprint density at radius 1 is 1.40 bits per heavy atom. The quantitative estimate of drug-likeness (QED) is 0.368. The van der Waals surface area contributed by atoms with E-state index in [4.69, 9.17) is 15.9 Å². The molecule has 60 valence electrons. The molecule has 0 aliphatic rings. The van der Waals surface area contributed by atoms with Crippen molar-refractivity contribution in [3.63, 3.8) is 0 Å². The fraction of sp³-hybridized carbons (Fsp3) is 0.800. The number of aliphatic hydroxyl groups is 2. The van der Waals surface area contributed by atoms with Crippen LogP contribution in [0.25, 0.3) is 0 Å². The average Bonchev–Trinajstić information content (AvgIpc) is 1.59. The molecule has 2 unspecified atom stereocenters. The van der Waals surface area contributed by atoms with Gasteiger partial charge in [-0.25, -0.2) is 0 Å². The minimum Gasteiger partial charge on any atom is -0.376 e. The predicted octanol–water partition coefficient (Wildman–Crippen LogP) is -0.791. The zero-order valence-corrected chi connectivity index (χ0v) is 6.80. The third kappa shape index (κ3) is 2.47. The lowest BCUT2D eigenvalue weighted by Gasteiger charge is -2.28. The molecule has 10 heavy (non-hydrogen) atoms. The van der Waals surface area contributed by atoms with Gasteiger partial charge in [0.05, 0.1) is 0 Å². The zero-order valence-electron chi connectivity index (χ0n) is 5.98. The van der Waals surface area contributed by atoms with Gasteiger partial charge in [-0.15, -0.1) is 0 Å². The van der Waals surface area contributed by atoms with Gasteiger partial charge in [-0.1, -0.05) is 0 Å². The molecule has 4 N–H and O–H groups in total. The van der Waals surface area contributed by atoms with Crippen molar-refractivity contribution in [2.24, 2.45) is 5.73 Å². The average molecular weight is 164 g/mol. The van der Waals surface area contributed by atoms with Crippen molar-refractivity contribution < 1.29 is 10.2 Å². The van der Waals surface area contributed by atoms with Gasteiger partial charge >= 0.3 is 0 Å². The smallest absolute Gasteiger partial charge is 0.170 e. The normalized spacial score (nSPS) is 16.0. The van der Waals surface area contributed by atoms with Crippen LogP contribution in [0.1, 0.15) is 13.8 Å². The third-order valence-corrected chi connectivity index (χ3v) is 1.27. The molecule has 0 heterocycles. The Labute approximate surface area is 65.2 Å². The van der Waals surface area contributed by atoms with Crippen LogP contribution >= 0.6 is 12.2 Å². The van der Waals surface area contributed by atoms with Crippen LogP contribution in [0.15, 0.2) is 0 Å². The fourth-order valence-corrected chi connectivity index (χ4v) is 0.986. The summed E-state index contributed by atoms with van der Waals surface area (Å²) in [7, 11) is 0. The van der Waals surface area contributed by atoms with E-state index in [1.165, 1.54) is 13.8 Å². The van der Waals surface area contributed by atoms with E-state index in [0.29, 0.717) is 0 Å². The summed E-state index contributed by atoms with van der Waals surface area (Å²) in [6.45, 7) is 2.96. The topological polar surface area (TPSA) is 69.7 Å². The highest BCUT2D eigenvalue weighted by Crippen LogP contribution is 1.99. The summed E-state index contributed by atoms with van der Waals surface area (Å²) < 4.78 is 0. The van der Waals surface area contributed by atoms with Crippen molar-refractivity contribution in [3.05, 3.63) is 0 Å². The van der Waals surface area contributed by atoms with Crippen LogP contribution in [0.4, 0.5) is 0 Å². The lowest BCUT2D eigenvalue weighted by Crippen LogP contribution is -2.47. The van der Waals surface area contributed by atoms with Crippen LogP contribution < -0.4 is 5.73 Å². The van der Waals surface area contributed by atoms with Crippen LogP contribution in [0.3, 0.4) is 0 Å². The van der Waals surface area contributed by atoms with Crippen molar-refractivity contribution in [2.75, 3.05) is 0 Å². The van der Waals surface area contributed by atoms with Gasteiger partial charge in [0.15, 0.2) is 5.11 Å². The monoisotopic (exact) mass is 164 g/mol. The maximum Gasteiger partial charge on any atom is 0.170 e. The first-order chi connectivity index (χ1) is 4.46. The summed E-state index contributed by atoms with van der Waals surface area (Å²) in [5.41, 5.74) is 5.18. The number of hydrogen-bond acceptors (Lipinski definition) is 3. The summed E-state index contributed by atoms with van der Waals surface area (Å²) in [6, 6.07) is 0. The molecular formula is C5H12N2O2S. The molecule has 0 saturated heterocycles. The minimum absolute atomic E-state index is 0.00926. The highest BCUT2D eigenvalue weighted by Gasteiger charge is 2.16. The van der Waals surface area contributed by atoms with Gasteiger partial charge < -0.3 is 15.9 Å². The first-order valence-electron chi connectivity index (χ1n) is 2.90. The second kappa shape index (κ2) is 3.70. The summed E-state index contributed by atoms with van der Waals surface area (Å²) in [6.07, 6.45) is -1.70. The Kier molecular flexibility index (Phi) is 3.55. The van der Waals surface area contributed by atoms with Crippen molar-refractivity contribution in [3.8, 4) is 0 Å². The van der Waals surface area contributed by atoms with E-state index in [1.807, 2.05) is 0 Å². The maximum absolute atomic E-state index is 8.95. The Morgan fingerprint density at radius 3 is 1.70 bits per heavy atom. The Morgan fingerprint density at radius 2 is 1.70 bits per heavy atom. The first-order valence-corrected chi connectivity index (χ1v) is 3.31. The van der Waals surface area contributed by atoms with Crippen molar-refractivity contribution in [2.45, 2.75) is 26.3 Å². The van der Waals surface area contributed by atoms with Crippen LogP contribution in [-0.2, 0) is 0 Å². The van der Waals surface area contributed by atoms with E-state index in [9.17, 15) is 0 Å². The van der Waals surface area contributed by atoms with E-state index in [1.54, 1.807) is 0 Å². The van der Waals surface area contributed by atoms with Crippen LogP contribution in [0, 0.1) is 0 Å². The van der Waals surface area contributed by atoms with Gasteiger partial charge in [0.25, 0.3) is 0 Å². The lowest BCUT2D eigenvalue weighted by molar-refractivity contribution is -0.0340. The molecule has 0 amide bonds. The minimum atomic E-state index is -0.850. The molecule has 4 nitrogen and oxygen atoms in total. The molecule has 0 bridgehead atoms. The molecule has 0 saturated carbocycles. The van der Waals surface area contributed by atoms with Gasteiger partial charge in [0.2, 0.25) is 0 Å². The Balaban J connectivity index is 4.12. The lowest BCUT2D eigenvalue weighted by atomic mass is 10.5. The molecule has 0 aliphatic heterocycles. The van der Waals surface area contributed by atoms with Gasteiger partial charge in [0.1, 0.15) is 12.5 Å². The van der Waals surface area contributed by atoms with Crippen LogP contribution in [-0.4, -0.2) is 32.7 Å². The summed E-state index contributed by atoms with van der Waals surface area (Å²) in [5.74, 6) is 0. The van der Waals surface area contributed by atoms with Gasteiger partial charge in [-0.05, 0) is 26.1 Å². The molecule has 0 aromatic rings. The molecular weight excluding hydrogens is 152 g/mol. The summed E-state index contributed by atoms with van der Waals surface area (Å²) >= 11 is 4.55. The molecule has 0 aromatic heterocycles. The maximum atomic E-state index is 8.95. The van der Waals surface area contributed by atoms with Crippen LogP contribution in [0.5, 0.6) is 0 Å². The Hall–Kier alpha value is -0.390. The van der Waals surface area contributed by atoms with E-state index >= 15 is 0 Å². The highest BCUT2D eigenvalue weighted by molar-refractivity contribution is 7.80. The number of nitrogens with zero attached hydrogens (tertiary/aromatic N) is 1. The SMILES string of the molecule is CC(O)N(C(N)=S)C(C)O.